The van der Waals surface area contributed by atoms with Gasteiger partial charge in [-0.25, -0.2) is 9.78 Å². The van der Waals surface area contributed by atoms with E-state index in [1.807, 2.05) is 0 Å². The van der Waals surface area contributed by atoms with Crippen LogP contribution in [0.1, 0.15) is 9.67 Å². The molecule has 14 heavy (non-hydrogen) atoms. The topological polar surface area (TPSA) is 109 Å². The van der Waals surface area contributed by atoms with Gasteiger partial charge in [-0.15, -0.1) is 11.3 Å². The highest BCUT2D eigenvalue weighted by Crippen LogP contribution is 2.28. The lowest BCUT2D eigenvalue weighted by Crippen LogP contribution is -2.07. The number of carboxylic acids is 1. The Labute approximate surface area is 81.0 Å². The maximum absolute atomic E-state index is 11.3. The number of carboxylic acid groups (broad SMARTS) is 1. The molecule has 0 aromatic carbocycles. The Morgan fingerprint density at radius 2 is 2.36 bits per heavy atom. The number of hydrogen-bond acceptors (Lipinski definition) is 5. The first-order valence-electron chi connectivity index (χ1n) is 3.60. The molecule has 0 fully saturated rings. The molecular weight excluding hydrogens is 206 g/mol. The first kappa shape index (κ1) is 8.70. The molecule has 2 aromatic heterocycles. The molecule has 0 aliphatic rings. The second kappa shape index (κ2) is 2.81. The standard InChI is InChI=1S/C7H5N3O3S/c8-3-2-5(11)9-1-10-6(2)14-4(3)7(12)13/h1H,8H2,(H,12,13)(H,9,10,11). The van der Waals surface area contributed by atoms with E-state index in [4.69, 9.17) is 10.8 Å². The van der Waals surface area contributed by atoms with Crippen LogP contribution >= 0.6 is 11.3 Å². The van der Waals surface area contributed by atoms with Crippen LogP contribution in [0.2, 0.25) is 0 Å². The van der Waals surface area contributed by atoms with Gasteiger partial charge in [0.25, 0.3) is 5.56 Å². The van der Waals surface area contributed by atoms with Gasteiger partial charge in [0.15, 0.2) is 0 Å². The third-order valence-electron chi connectivity index (χ3n) is 1.73. The highest BCUT2D eigenvalue weighted by Gasteiger charge is 2.17. The summed E-state index contributed by atoms with van der Waals surface area (Å²) >= 11 is 0.891. The number of rotatable bonds is 1. The van der Waals surface area contributed by atoms with E-state index in [9.17, 15) is 9.59 Å². The van der Waals surface area contributed by atoms with Crippen LogP contribution in [0, 0.1) is 0 Å². The van der Waals surface area contributed by atoms with Crippen molar-refractivity contribution in [3.05, 3.63) is 21.6 Å². The van der Waals surface area contributed by atoms with Crippen molar-refractivity contribution in [2.24, 2.45) is 0 Å². The van der Waals surface area contributed by atoms with Crippen LogP contribution in [0.25, 0.3) is 10.2 Å². The Morgan fingerprint density at radius 3 is 2.93 bits per heavy atom. The van der Waals surface area contributed by atoms with E-state index in [0.29, 0.717) is 4.83 Å². The third kappa shape index (κ3) is 1.06. The highest BCUT2D eigenvalue weighted by atomic mass is 32.1. The number of H-pyrrole nitrogens is 1. The van der Waals surface area contributed by atoms with Crippen LogP contribution < -0.4 is 11.3 Å². The molecule has 0 bridgehead atoms. The van der Waals surface area contributed by atoms with Gasteiger partial charge in [0.05, 0.1) is 12.0 Å². The zero-order chi connectivity index (χ0) is 10.3. The van der Waals surface area contributed by atoms with Crippen molar-refractivity contribution in [2.75, 3.05) is 5.73 Å². The van der Waals surface area contributed by atoms with Crippen LogP contribution in [0.4, 0.5) is 5.69 Å². The number of nitrogen functional groups attached to an aromatic ring is 1. The average Bonchev–Trinajstić information content (AvgIpc) is 2.45. The van der Waals surface area contributed by atoms with E-state index >= 15 is 0 Å². The molecule has 0 aliphatic heterocycles. The molecule has 7 heteroatoms. The summed E-state index contributed by atoms with van der Waals surface area (Å²) in [7, 11) is 0. The van der Waals surface area contributed by atoms with Crippen LogP contribution in [-0.4, -0.2) is 21.0 Å². The van der Waals surface area contributed by atoms with Gasteiger partial charge in [-0.3, -0.25) is 4.79 Å². The fourth-order valence-corrected chi connectivity index (χ4v) is 2.03. The summed E-state index contributed by atoms with van der Waals surface area (Å²) in [5.74, 6) is -1.15. The molecule has 6 nitrogen and oxygen atoms in total. The number of aromatic amines is 1. The molecular formula is C7H5N3O3S. The van der Waals surface area contributed by atoms with E-state index in [0.717, 1.165) is 11.3 Å². The highest BCUT2D eigenvalue weighted by molar-refractivity contribution is 7.21. The minimum atomic E-state index is -1.15. The second-order valence-corrected chi connectivity index (χ2v) is 3.56. The smallest absolute Gasteiger partial charge is 0.348 e. The average molecular weight is 211 g/mol. The minimum absolute atomic E-state index is 0.0214. The molecule has 0 saturated heterocycles. The van der Waals surface area contributed by atoms with Gasteiger partial charge in [-0.2, -0.15) is 0 Å². The molecule has 0 unspecified atom stereocenters. The lowest BCUT2D eigenvalue weighted by atomic mass is 10.3. The number of fused-ring (bicyclic) bond motifs is 1. The molecule has 0 radical (unpaired) electrons. The Morgan fingerprint density at radius 1 is 1.64 bits per heavy atom. The van der Waals surface area contributed by atoms with E-state index in [1.165, 1.54) is 6.33 Å². The first-order valence-corrected chi connectivity index (χ1v) is 4.42. The van der Waals surface area contributed by atoms with Gasteiger partial charge in [0, 0.05) is 0 Å². The predicted molar refractivity (Wildman–Crippen MR) is 51.6 cm³/mol. The van der Waals surface area contributed by atoms with Gasteiger partial charge in [-0.1, -0.05) is 0 Å². The number of aromatic nitrogens is 2. The maximum atomic E-state index is 11.3. The fourth-order valence-electron chi connectivity index (χ4n) is 1.12. The summed E-state index contributed by atoms with van der Waals surface area (Å²) in [6.45, 7) is 0. The summed E-state index contributed by atoms with van der Waals surface area (Å²) in [6.07, 6.45) is 1.21. The van der Waals surface area contributed by atoms with E-state index in [2.05, 4.69) is 9.97 Å². The number of hydrogen-bond donors (Lipinski definition) is 3. The first-order chi connectivity index (χ1) is 6.61. The van der Waals surface area contributed by atoms with Crippen molar-refractivity contribution in [2.45, 2.75) is 0 Å². The van der Waals surface area contributed by atoms with E-state index < -0.39 is 11.5 Å². The number of nitrogens with two attached hydrogens (primary N) is 1. The van der Waals surface area contributed by atoms with Crippen LogP contribution in [-0.2, 0) is 0 Å². The Hall–Kier alpha value is -1.89. The van der Waals surface area contributed by atoms with Crippen molar-refractivity contribution < 1.29 is 9.90 Å². The van der Waals surface area contributed by atoms with Crippen LogP contribution in [0.5, 0.6) is 0 Å². The number of thiophene rings is 1. The molecule has 2 aromatic rings. The fraction of sp³-hybridized carbons (Fsp3) is 0. The molecule has 0 spiro atoms. The van der Waals surface area contributed by atoms with Crippen molar-refractivity contribution in [3.8, 4) is 0 Å². The lowest BCUT2D eigenvalue weighted by molar-refractivity contribution is 0.0703. The summed E-state index contributed by atoms with van der Waals surface area (Å²) in [6, 6.07) is 0. The molecule has 4 N–H and O–H groups in total. The van der Waals surface area contributed by atoms with Crippen molar-refractivity contribution >= 4 is 33.2 Å². The van der Waals surface area contributed by atoms with Crippen molar-refractivity contribution in [3.63, 3.8) is 0 Å². The van der Waals surface area contributed by atoms with Gasteiger partial charge in [-0.05, 0) is 0 Å². The molecule has 2 heterocycles. The van der Waals surface area contributed by atoms with Crippen LogP contribution in [0.15, 0.2) is 11.1 Å². The molecule has 0 aliphatic carbocycles. The van der Waals surface area contributed by atoms with Crippen molar-refractivity contribution in [1.29, 1.82) is 0 Å². The van der Waals surface area contributed by atoms with Gasteiger partial charge < -0.3 is 15.8 Å². The third-order valence-corrected chi connectivity index (χ3v) is 2.83. The number of nitrogens with zero attached hydrogens (tertiary/aromatic N) is 1. The predicted octanol–water partition coefficient (Wildman–Crippen LogP) is 0.265. The SMILES string of the molecule is Nc1c(C(=O)O)sc2nc[nH]c(=O)c12. The van der Waals surface area contributed by atoms with Crippen molar-refractivity contribution in [1.82, 2.24) is 9.97 Å². The molecule has 72 valence electrons. The van der Waals surface area contributed by atoms with Gasteiger partial charge in [0.2, 0.25) is 0 Å². The van der Waals surface area contributed by atoms with Gasteiger partial charge >= 0.3 is 5.97 Å². The largest absolute Gasteiger partial charge is 0.477 e. The second-order valence-electron chi connectivity index (χ2n) is 2.56. The molecule has 0 amide bonds. The minimum Gasteiger partial charge on any atom is -0.477 e. The van der Waals surface area contributed by atoms with E-state index in [1.54, 1.807) is 0 Å². The normalized spacial score (nSPS) is 10.6. The zero-order valence-electron chi connectivity index (χ0n) is 6.77. The summed E-state index contributed by atoms with van der Waals surface area (Å²) in [5.41, 5.74) is 5.07. The summed E-state index contributed by atoms with van der Waals surface area (Å²) in [4.78, 5) is 28.4. The van der Waals surface area contributed by atoms with Gasteiger partial charge in [0.1, 0.15) is 15.1 Å². The van der Waals surface area contributed by atoms with E-state index in [-0.39, 0.29) is 16.0 Å². The number of anilines is 1. The summed E-state index contributed by atoms with van der Waals surface area (Å²) in [5, 5.41) is 8.90. The zero-order valence-corrected chi connectivity index (χ0v) is 7.59. The Bertz CT molecular complexity index is 571. The lowest BCUT2D eigenvalue weighted by Gasteiger charge is -1.89. The van der Waals surface area contributed by atoms with Crippen LogP contribution in [0.3, 0.4) is 0 Å². The Balaban J connectivity index is 2.94. The summed E-state index contributed by atoms with van der Waals surface area (Å²) < 4.78 is 0. The molecule has 2 rings (SSSR count). The number of nitrogens with one attached hydrogen (secondary N) is 1. The number of carbonyl (C=O) groups is 1. The molecule has 0 saturated carbocycles. The quantitative estimate of drug-likeness (QED) is 0.627. The monoisotopic (exact) mass is 211 g/mol. The molecule has 0 atom stereocenters. The number of aromatic carboxylic acids is 1. The Kier molecular flexibility index (Phi) is 1.74. The maximum Gasteiger partial charge on any atom is 0.348 e.